The van der Waals surface area contributed by atoms with E-state index in [9.17, 15) is 0 Å². The van der Waals surface area contributed by atoms with Crippen LogP contribution in [-0.2, 0) is 0 Å². The van der Waals surface area contributed by atoms with Crippen LogP contribution in [0.15, 0.2) is 42.5 Å². The molecule has 0 fully saturated rings. The van der Waals surface area contributed by atoms with Gasteiger partial charge >= 0.3 is 0 Å². The first kappa shape index (κ1) is 12.3. The summed E-state index contributed by atoms with van der Waals surface area (Å²) in [7, 11) is 1.65. The summed E-state index contributed by atoms with van der Waals surface area (Å²) in [6.07, 6.45) is 0. The summed E-state index contributed by atoms with van der Waals surface area (Å²) in [5, 5.41) is 4.81. The predicted molar refractivity (Wildman–Crippen MR) is 80.9 cm³/mol. The average molecular weight is 291 g/mol. The summed E-state index contributed by atoms with van der Waals surface area (Å²) in [5.41, 5.74) is 1.84. The number of nitrogens with one attached hydrogen (secondary N) is 1. The largest absolute Gasteiger partial charge is 0.497 e. The zero-order valence-corrected chi connectivity index (χ0v) is 11.8. The second kappa shape index (κ2) is 5.07. The number of fused-ring (bicyclic) bond motifs is 1. The lowest BCUT2D eigenvalue weighted by Crippen LogP contribution is -1.90. The summed E-state index contributed by atoms with van der Waals surface area (Å²) in [4.78, 5) is 4.51. The van der Waals surface area contributed by atoms with Crippen LogP contribution < -0.4 is 10.1 Å². The molecular weight excluding hydrogens is 280 g/mol. The summed E-state index contributed by atoms with van der Waals surface area (Å²) in [5.74, 6) is 0.809. The molecule has 5 heteroatoms. The first-order valence-electron chi connectivity index (χ1n) is 5.72. The molecule has 19 heavy (non-hydrogen) atoms. The van der Waals surface area contributed by atoms with Crippen molar-refractivity contribution in [1.82, 2.24) is 4.98 Å². The van der Waals surface area contributed by atoms with Gasteiger partial charge in [-0.15, -0.1) is 0 Å². The van der Waals surface area contributed by atoms with Gasteiger partial charge in [-0.3, -0.25) is 0 Å². The minimum absolute atomic E-state index is 0.730. The first-order chi connectivity index (χ1) is 9.26. The molecule has 1 N–H and O–H groups in total. The maximum absolute atomic E-state index is 6.14. The molecule has 0 bridgehead atoms. The van der Waals surface area contributed by atoms with Crippen LogP contribution in [-0.4, -0.2) is 12.1 Å². The zero-order chi connectivity index (χ0) is 13.2. The lowest BCUT2D eigenvalue weighted by Gasteiger charge is -2.04. The highest BCUT2D eigenvalue weighted by Crippen LogP contribution is 2.33. The predicted octanol–water partition coefficient (Wildman–Crippen LogP) is 4.70. The van der Waals surface area contributed by atoms with E-state index in [0.717, 1.165) is 31.8 Å². The van der Waals surface area contributed by atoms with E-state index in [0.29, 0.717) is 0 Å². The number of hydrogen-bond donors (Lipinski definition) is 1. The monoisotopic (exact) mass is 290 g/mol. The standard InChI is InChI=1S/C14H11ClN2OS/c1-18-10-5-2-4-9(8-10)16-14-17-12-7-3-6-11(15)13(12)19-14/h2-8H,1H3,(H,16,17). The molecule has 0 aliphatic rings. The Morgan fingerprint density at radius 2 is 2.05 bits per heavy atom. The minimum atomic E-state index is 0.730. The van der Waals surface area contributed by atoms with Gasteiger partial charge in [-0.1, -0.05) is 35.1 Å². The third-order valence-corrected chi connectivity index (χ3v) is 4.13. The van der Waals surface area contributed by atoms with E-state index in [1.807, 2.05) is 42.5 Å². The molecule has 0 unspecified atom stereocenters. The van der Waals surface area contributed by atoms with Crippen molar-refractivity contribution < 1.29 is 4.74 Å². The van der Waals surface area contributed by atoms with Crippen molar-refractivity contribution in [2.45, 2.75) is 0 Å². The topological polar surface area (TPSA) is 34.1 Å². The molecule has 0 saturated heterocycles. The number of methoxy groups -OCH3 is 1. The van der Waals surface area contributed by atoms with Gasteiger partial charge in [0.1, 0.15) is 5.75 Å². The first-order valence-corrected chi connectivity index (χ1v) is 6.92. The molecule has 0 aliphatic heterocycles. The average Bonchev–Trinajstić information content (AvgIpc) is 2.83. The van der Waals surface area contributed by atoms with Gasteiger partial charge in [0.25, 0.3) is 0 Å². The summed E-state index contributed by atoms with van der Waals surface area (Å²) in [6.45, 7) is 0. The van der Waals surface area contributed by atoms with Crippen molar-refractivity contribution in [2.24, 2.45) is 0 Å². The number of halogens is 1. The molecule has 3 nitrogen and oxygen atoms in total. The van der Waals surface area contributed by atoms with Gasteiger partial charge in [0, 0.05) is 11.8 Å². The van der Waals surface area contributed by atoms with Gasteiger partial charge in [0.15, 0.2) is 5.13 Å². The fraction of sp³-hybridized carbons (Fsp3) is 0.0714. The van der Waals surface area contributed by atoms with Crippen molar-refractivity contribution in [3.8, 4) is 5.75 Å². The molecule has 1 aromatic heterocycles. The Labute approximate surface area is 119 Å². The van der Waals surface area contributed by atoms with Crippen molar-refractivity contribution in [3.05, 3.63) is 47.5 Å². The Morgan fingerprint density at radius 1 is 1.21 bits per heavy atom. The van der Waals surface area contributed by atoms with Gasteiger partial charge in [-0.2, -0.15) is 0 Å². The Kier molecular flexibility index (Phi) is 3.27. The fourth-order valence-electron chi connectivity index (χ4n) is 1.79. The minimum Gasteiger partial charge on any atom is -0.497 e. The molecule has 0 atom stereocenters. The summed E-state index contributed by atoms with van der Waals surface area (Å²) >= 11 is 7.68. The van der Waals surface area contributed by atoms with E-state index in [2.05, 4.69) is 10.3 Å². The van der Waals surface area contributed by atoms with Crippen molar-refractivity contribution in [2.75, 3.05) is 12.4 Å². The lowest BCUT2D eigenvalue weighted by atomic mass is 10.3. The van der Waals surface area contributed by atoms with E-state index in [1.165, 1.54) is 11.3 Å². The van der Waals surface area contributed by atoms with E-state index < -0.39 is 0 Å². The lowest BCUT2D eigenvalue weighted by molar-refractivity contribution is 0.415. The molecular formula is C14H11ClN2OS. The maximum atomic E-state index is 6.14. The van der Waals surface area contributed by atoms with Crippen LogP contribution >= 0.6 is 22.9 Å². The van der Waals surface area contributed by atoms with E-state index in [1.54, 1.807) is 7.11 Å². The molecule has 2 aromatic carbocycles. The van der Waals surface area contributed by atoms with Crippen LogP contribution in [0, 0.1) is 0 Å². The van der Waals surface area contributed by atoms with Gasteiger partial charge in [0.2, 0.25) is 0 Å². The Morgan fingerprint density at radius 3 is 2.84 bits per heavy atom. The molecule has 0 aliphatic carbocycles. The fourth-order valence-corrected chi connectivity index (χ4v) is 2.97. The highest BCUT2D eigenvalue weighted by atomic mass is 35.5. The molecule has 1 heterocycles. The van der Waals surface area contributed by atoms with Crippen LogP contribution in [0.4, 0.5) is 10.8 Å². The number of aromatic nitrogens is 1. The molecule has 0 spiro atoms. The van der Waals surface area contributed by atoms with E-state index in [4.69, 9.17) is 16.3 Å². The Bertz CT molecular complexity index is 726. The number of ether oxygens (including phenoxy) is 1. The van der Waals surface area contributed by atoms with E-state index >= 15 is 0 Å². The summed E-state index contributed by atoms with van der Waals surface area (Å²) < 4.78 is 6.19. The van der Waals surface area contributed by atoms with Crippen LogP contribution in [0.5, 0.6) is 5.75 Å². The molecule has 96 valence electrons. The van der Waals surface area contributed by atoms with E-state index in [-0.39, 0.29) is 0 Å². The van der Waals surface area contributed by atoms with Gasteiger partial charge in [0.05, 0.1) is 22.3 Å². The zero-order valence-electron chi connectivity index (χ0n) is 10.2. The number of hydrogen-bond acceptors (Lipinski definition) is 4. The molecule has 0 radical (unpaired) electrons. The van der Waals surface area contributed by atoms with Crippen LogP contribution in [0.1, 0.15) is 0 Å². The number of nitrogens with zero attached hydrogens (tertiary/aromatic N) is 1. The maximum Gasteiger partial charge on any atom is 0.188 e. The normalized spacial score (nSPS) is 10.6. The summed E-state index contributed by atoms with van der Waals surface area (Å²) in [6, 6.07) is 13.5. The second-order valence-corrected chi connectivity index (χ2v) is 5.37. The van der Waals surface area contributed by atoms with Crippen molar-refractivity contribution in [3.63, 3.8) is 0 Å². The van der Waals surface area contributed by atoms with Crippen molar-refractivity contribution >= 4 is 44.0 Å². The second-order valence-electron chi connectivity index (χ2n) is 3.96. The van der Waals surface area contributed by atoms with Gasteiger partial charge in [-0.05, 0) is 24.3 Å². The third-order valence-electron chi connectivity index (χ3n) is 2.69. The van der Waals surface area contributed by atoms with Crippen molar-refractivity contribution in [1.29, 1.82) is 0 Å². The molecule has 3 aromatic rings. The molecule has 0 amide bonds. The number of rotatable bonds is 3. The van der Waals surface area contributed by atoms with Crippen LogP contribution in [0.2, 0.25) is 5.02 Å². The smallest absolute Gasteiger partial charge is 0.188 e. The Hall–Kier alpha value is -1.78. The SMILES string of the molecule is COc1cccc(Nc2nc3cccc(Cl)c3s2)c1. The quantitative estimate of drug-likeness (QED) is 0.759. The van der Waals surface area contributed by atoms with Gasteiger partial charge in [-0.25, -0.2) is 4.98 Å². The highest BCUT2D eigenvalue weighted by molar-refractivity contribution is 7.22. The number of benzene rings is 2. The van der Waals surface area contributed by atoms with Gasteiger partial charge < -0.3 is 10.1 Å². The van der Waals surface area contributed by atoms with Crippen LogP contribution in [0.3, 0.4) is 0 Å². The number of anilines is 2. The molecule has 3 rings (SSSR count). The Balaban J connectivity index is 1.94. The molecule has 0 saturated carbocycles. The number of thiazole rings is 1. The van der Waals surface area contributed by atoms with Crippen LogP contribution in [0.25, 0.3) is 10.2 Å². The highest BCUT2D eigenvalue weighted by Gasteiger charge is 2.07. The third kappa shape index (κ3) is 2.50.